The zero-order valence-electron chi connectivity index (χ0n) is 9.81. The van der Waals surface area contributed by atoms with Gasteiger partial charge in [-0.2, -0.15) is 0 Å². The normalized spacial score (nSPS) is 12.3. The molecule has 94 valence electrons. The maximum atomic E-state index is 5.94. The van der Waals surface area contributed by atoms with E-state index in [0.29, 0.717) is 5.92 Å². The van der Waals surface area contributed by atoms with E-state index in [-0.39, 0.29) is 0 Å². The molecule has 2 nitrogen and oxygen atoms in total. The molecule has 0 saturated heterocycles. The molecule has 0 aliphatic carbocycles. The Balaban J connectivity index is 2.27. The summed E-state index contributed by atoms with van der Waals surface area (Å²) in [4.78, 5) is 4.47. The van der Waals surface area contributed by atoms with Crippen molar-refractivity contribution in [2.24, 2.45) is 0 Å². The summed E-state index contributed by atoms with van der Waals surface area (Å²) in [5.74, 6) is 0.311. The summed E-state index contributed by atoms with van der Waals surface area (Å²) in [5, 5.41) is 0.769. The number of nitrogens with zero attached hydrogens (tertiary/aromatic N) is 1. The van der Waals surface area contributed by atoms with Crippen molar-refractivity contribution < 1.29 is 0 Å². The fourth-order valence-electron chi connectivity index (χ4n) is 1.96. The zero-order valence-corrected chi connectivity index (χ0v) is 12.7. The highest BCUT2D eigenvalue weighted by Crippen LogP contribution is 2.27. The van der Waals surface area contributed by atoms with Gasteiger partial charge in [-0.05, 0) is 36.2 Å². The lowest BCUT2D eigenvalue weighted by Gasteiger charge is -2.16. The first-order valence-corrected chi connectivity index (χ1v) is 7.27. The van der Waals surface area contributed by atoms with Gasteiger partial charge in [-0.25, -0.2) is 0 Å². The number of pyridine rings is 1. The molecule has 0 radical (unpaired) electrons. The Morgan fingerprint density at radius 1 is 1.17 bits per heavy atom. The Morgan fingerprint density at radius 2 is 1.94 bits per heavy atom. The summed E-state index contributed by atoms with van der Waals surface area (Å²) in [6.45, 7) is 0.949. The SMILES string of the molecule is Clc1ccc(C(CCNI)c2ccccn2)cc1. The second-order valence-corrected chi connectivity index (χ2v) is 5.23. The second kappa shape index (κ2) is 7.07. The van der Waals surface area contributed by atoms with Gasteiger partial charge in [-0.1, -0.05) is 29.8 Å². The number of halogens is 2. The summed E-state index contributed by atoms with van der Waals surface area (Å²) in [6, 6.07) is 14.1. The molecule has 0 aliphatic rings. The number of hydrogen-bond donors (Lipinski definition) is 1. The molecule has 1 aromatic heterocycles. The predicted octanol–water partition coefficient (Wildman–Crippen LogP) is 4.20. The average Bonchev–Trinajstić information content (AvgIpc) is 2.42. The van der Waals surface area contributed by atoms with Gasteiger partial charge in [-0.15, -0.1) is 0 Å². The smallest absolute Gasteiger partial charge is 0.0478 e. The Labute approximate surface area is 126 Å². The van der Waals surface area contributed by atoms with Gasteiger partial charge in [0.15, 0.2) is 0 Å². The van der Waals surface area contributed by atoms with Crippen LogP contribution in [0.4, 0.5) is 0 Å². The van der Waals surface area contributed by atoms with E-state index in [1.807, 2.05) is 30.5 Å². The fourth-order valence-corrected chi connectivity index (χ4v) is 2.40. The summed E-state index contributed by atoms with van der Waals surface area (Å²) in [6.07, 6.45) is 2.86. The first kappa shape index (κ1) is 13.8. The van der Waals surface area contributed by atoms with Crippen LogP contribution in [0.2, 0.25) is 5.02 Å². The zero-order chi connectivity index (χ0) is 12.8. The third-order valence-corrected chi connectivity index (χ3v) is 3.64. The van der Waals surface area contributed by atoms with E-state index in [2.05, 4.69) is 49.6 Å². The van der Waals surface area contributed by atoms with Gasteiger partial charge in [0, 0.05) is 52.2 Å². The third kappa shape index (κ3) is 3.67. The van der Waals surface area contributed by atoms with Crippen LogP contribution in [0.1, 0.15) is 23.6 Å². The van der Waals surface area contributed by atoms with Crippen molar-refractivity contribution >= 4 is 34.5 Å². The number of hydrogen-bond acceptors (Lipinski definition) is 2. The second-order valence-electron chi connectivity index (χ2n) is 4.03. The fraction of sp³-hybridized carbons (Fsp3) is 0.214. The van der Waals surface area contributed by atoms with Crippen molar-refractivity contribution in [1.82, 2.24) is 8.51 Å². The number of aromatic nitrogens is 1. The minimum atomic E-state index is 0.311. The van der Waals surface area contributed by atoms with Crippen LogP contribution in [-0.2, 0) is 0 Å². The maximum Gasteiger partial charge on any atom is 0.0478 e. The lowest BCUT2D eigenvalue weighted by molar-refractivity contribution is 0.695. The van der Waals surface area contributed by atoms with Gasteiger partial charge in [0.25, 0.3) is 0 Å². The molecule has 0 aliphatic heterocycles. The van der Waals surface area contributed by atoms with Crippen LogP contribution in [-0.4, -0.2) is 11.5 Å². The van der Waals surface area contributed by atoms with Gasteiger partial charge < -0.3 is 0 Å². The minimum Gasteiger partial charge on any atom is -0.261 e. The van der Waals surface area contributed by atoms with Gasteiger partial charge in [0.2, 0.25) is 0 Å². The Morgan fingerprint density at radius 3 is 2.56 bits per heavy atom. The third-order valence-electron chi connectivity index (χ3n) is 2.84. The van der Waals surface area contributed by atoms with E-state index in [4.69, 9.17) is 11.6 Å². The maximum absolute atomic E-state index is 5.94. The molecule has 1 N–H and O–H groups in total. The Kier molecular flexibility index (Phi) is 5.41. The van der Waals surface area contributed by atoms with Gasteiger partial charge in [-0.3, -0.25) is 8.51 Å². The van der Waals surface area contributed by atoms with E-state index in [1.54, 1.807) is 0 Å². The predicted molar refractivity (Wildman–Crippen MR) is 84.2 cm³/mol. The van der Waals surface area contributed by atoms with Crippen LogP contribution in [0.5, 0.6) is 0 Å². The average molecular weight is 373 g/mol. The van der Waals surface area contributed by atoms with Crippen molar-refractivity contribution in [2.75, 3.05) is 6.54 Å². The highest BCUT2D eigenvalue weighted by atomic mass is 127. The number of benzene rings is 1. The molecule has 2 aromatic rings. The van der Waals surface area contributed by atoms with Gasteiger partial charge in [0.1, 0.15) is 0 Å². The molecule has 0 spiro atoms. The highest BCUT2D eigenvalue weighted by molar-refractivity contribution is 14.1. The Bertz CT molecular complexity index is 473. The number of rotatable bonds is 5. The topological polar surface area (TPSA) is 24.9 Å². The molecule has 4 heteroatoms. The highest BCUT2D eigenvalue weighted by Gasteiger charge is 2.14. The first-order valence-electron chi connectivity index (χ1n) is 5.81. The quantitative estimate of drug-likeness (QED) is 0.628. The van der Waals surface area contributed by atoms with Crippen LogP contribution in [0, 0.1) is 0 Å². The molecule has 0 saturated carbocycles. The van der Waals surface area contributed by atoms with Crippen LogP contribution in [0.25, 0.3) is 0 Å². The van der Waals surface area contributed by atoms with Crippen LogP contribution < -0.4 is 3.53 Å². The summed E-state index contributed by atoms with van der Waals surface area (Å²) >= 11 is 8.11. The molecule has 0 amide bonds. The van der Waals surface area contributed by atoms with E-state index in [9.17, 15) is 0 Å². The molecule has 2 rings (SSSR count). The summed E-state index contributed by atoms with van der Waals surface area (Å²) < 4.78 is 3.17. The van der Waals surface area contributed by atoms with Crippen LogP contribution in [0.3, 0.4) is 0 Å². The lowest BCUT2D eigenvalue weighted by Crippen LogP contribution is -2.10. The largest absolute Gasteiger partial charge is 0.261 e. The molecule has 1 atom stereocenters. The van der Waals surface area contributed by atoms with Gasteiger partial charge in [0.05, 0.1) is 0 Å². The van der Waals surface area contributed by atoms with Crippen molar-refractivity contribution in [1.29, 1.82) is 0 Å². The van der Waals surface area contributed by atoms with Crippen molar-refractivity contribution in [2.45, 2.75) is 12.3 Å². The van der Waals surface area contributed by atoms with E-state index < -0.39 is 0 Å². The van der Waals surface area contributed by atoms with Crippen LogP contribution in [0.15, 0.2) is 48.7 Å². The van der Waals surface area contributed by atoms with E-state index in [1.165, 1.54) is 5.56 Å². The number of nitrogens with one attached hydrogen (secondary N) is 1. The molecule has 1 heterocycles. The van der Waals surface area contributed by atoms with E-state index in [0.717, 1.165) is 23.7 Å². The molecule has 0 bridgehead atoms. The monoisotopic (exact) mass is 372 g/mol. The van der Waals surface area contributed by atoms with E-state index >= 15 is 0 Å². The molecule has 1 aromatic carbocycles. The molecule has 0 fully saturated rings. The van der Waals surface area contributed by atoms with Crippen molar-refractivity contribution in [3.8, 4) is 0 Å². The molecular weight excluding hydrogens is 359 g/mol. The van der Waals surface area contributed by atoms with Crippen molar-refractivity contribution in [3.63, 3.8) is 0 Å². The molecule has 1 unspecified atom stereocenters. The lowest BCUT2D eigenvalue weighted by atomic mass is 9.92. The minimum absolute atomic E-state index is 0.311. The molecular formula is C14H14ClIN2. The van der Waals surface area contributed by atoms with Crippen LogP contribution >= 0.6 is 34.5 Å². The van der Waals surface area contributed by atoms with Crippen molar-refractivity contribution in [3.05, 3.63) is 64.9 Å². The molecule has 18 heavy (non-hydrogen) atoms. The van der Waals surface area contributed by atoms with Gasteiger partial charge >= 0.3 is 0 Å². The summed E-state index contributed by atoms with van der Waals surface area (Å²) in [5.41, 5.74) is 2.36. The first-order chi connectivity index (χ1) is 8.81. The Hall–Kier alpha value is -0.650. The summed E-state index contributed by atoms with van der Waals surface area (Å²) in [7, 11) is 0. The standard InChI is InChI=1S/C14H14ClIN2/c15-12-6-4-11(5-7-12)13(8-10-18-16)14-3-1-2-9-17-14/h1-7,9,13,18H,8,10H2.